The number of carbonyl (C=O) groups is 1. The third kappa shape index (κ3) is 5.79. The SMILES string of the molecule is CCOc1ccc(CNC(=O)C2CCN(c3ccc(=O)n(-c4cccc(F)c4)n3)CC2)cc1OC. The maximum atomic E-state index is 13.6. The lowest BCUT2D eigenvalue weighted by Crippen LogP contribution is -2.41. The van der Waals surface area contributed by atoms with Crippen LogP contribution in [0.4, 0.5) is 10.2 Å². The van der Waals surface area contributed by atoms with E-state index in [0.717, 1.165) is 5.56 Å². The average Bonchev–Trinajstić information content (AvgIpc) is 2.88. The summed E-state index contributed by atoms with van der Waals surface area (Å²) in [6.07, 6.45) is 1.33. The van der Waals surface area contributed by atoms with Gasteiger partial charge in [0.2, 0.25) is 5.91 Å². The molecule has 8 nitrogen and oxygen atoms in total. The van der Waals surface area contributed by atoms with E-state index in [1.165, 1.54) is 22.9 Å². The Balaban J connectivity index is 1.35. The highest BCUT2D eigenvalue weighted by Gasteiger charge is 2.26. The fourth-order valence-corrected chi connectivity index (χ4v) is 4.16. The molecule has 35 heavy (non-hydrogen) atoms. The Bertz CT molecular complexity index is 1240. The van der Waals surface area contributed by atoms with Crippen molar-refractivity contribution >= 4 is 11.7 Å². The Morgan fingerprint density at radius 1 is 1.11 bits per heavy atom. The smallest absolute Gasteiger partial charge is 0.271 e. The summed E-state index contributed by atoms with van der Waals surface area (Å²) in [7, 11) is 1.59. The van der Waals surface area contributed by atoms with Gasteiger partial charge >= 0.3 is 0 Å². The van der Waals surface area contributed by atoms with E-state index in [0.29, 0.717) is 62.1 Å². The number of ether oxygens (including phenoxy) is 2. The zero-order valence-corrected chi connectivity index (χ0v) is 19.9. The summed E-state index contributed by atoms with van der Waals surface area (Å²) in [4.78, 5) is 27.1. The van der Waals surface area contributed by atoms with E-state index in [1.807, 2.05) is 30.0 Å². The van der Waals surface area contributed by atoms with Crippen LogP contribution in [0.5, 0.6) is 11.5 Å². The van der Waals surface area contributed by atoms with E-state index in [-0.39, 0.29) is 17.4 Å². The third-order valence-corrected chi connectivity index (χ3v) is 6.02. The highest BCUT2D eigenvalue weighted by Crippen LogP contribution is 2.28. The molecule has 0 radical (unpaired) electrons. The molecule has 2 aromatic carbocycles. The molecule has 1 amide bonds. The second-order valence-electron chi connectivity index (χ2n) is 8.32. The zero-order chi connectivity index (χ0) is 24.8. The van der Waals surface area contributed by atoms with E-state index in [9.17, 15) is 14.0 Å². The van der Waals surface area contributed by atoms with Gasteiger partial charge in [0.05, 0.1) is 19.4 Å². The van der Waals surface area contributed by atoms with Crippen molar-refractivity contribution in [2.75, 3.05) is 31.7 Å². The van der Waals surface area contributed by atoms with Crippen LogP contribution in [-0.2, 0) is 11.3 Å². The molecule has 1 aromatic heterocycles. The molecule has 9 heteroatoms. The average molecular weight is 481 g/mol. The number of nitrogens with zero attached hydrogens (tertiary/aromatic N) is 3. The predicted molar refractivity (Wildman–Crippen MR) is 131 cm³/mol. The minimum Gasteiger partial charge on any atom is -0.493 e. The summed E-state index contributed by atoms with van der Waals surface area (Å²) >= 11 is 0. The first-order valence-electron chi connectivity index (χ1n) is 11.7. The van der Waals surface area contributed by atoms with Crippen molar-refractivity contribution in [2.45, 2.75) is 26.3 Å². The van der Waals surface area contributed by atoms with Crippen molar-refractivity contribution in [3.05, 3.63) is 76.3 Å². The quantitative estimate of drug-likeness (QED) is 0.533. The summed E-state index contributed by atoms with van der Waals surface area (Å²) in [5.74, 6) is 1.40. The van der Waals surface area contributed by atoms with Crippen molar-refractivity contribution in [2.24, 2.45) is 5.92 Å². The molecule has 1 aliphatic rings. The van der Waals surface area contributed by atoms with Gasteiger partial charge in [-0.15, -0.1) is 5.10 Å². The van der Waals surface area contributed by atoms with Crippen molar-refractivity contribution in [1.29, 1.82) is 0 Å². The Morgan fingerprint density at radius 2 is 1.91 bits per heavy atom. The van der Waals surface area contributed by atoms with Crippen LogP contribution in [0.15, 0.2) is 59.4 Å². The lowest BCUT2D eigenvalue weighted by molar-refractivity contribution is -0.125. The zero-order valence-electron chi connectivity index (χ0n) is 19.9. The van der Waals surface area contributed by atoms with E-state index in [1.54, 1.807) is 25.3 Å². The van der Waals surface area contributed by atoms with Gasteiger partial charge in [0.1, 0.15) is 11.6 Å². The number of halogens is 1. The van der Waals surface area contributed by atoms with Gasteiger partial charge in [-0.25, -0.2) is 4.39 Å². The van der Waals surface area contributed by atoms with Gasteiger partial charge in [-0.05, 0) is 61.7 Å². The molecular formula is C26H29FN4O4. The normalized spacial score (nSPS) is 14.0. The maximum Gasteiger partial charge on any atom is 0.271 e. The van der Waals surface area contributed by atoms with Crippen molar-refractivity contribution < 1.29 is 18.7 Å². The number of nitrogens with one attached hydrogen (secondary N) is 1. The van der Waals surface area contributed by atoms with E-state index in [2.05, 4.69) is 10.4 Å². The standard InChI is InChI=1S/C26H29FN4O4/c1-3-35-22-8-7-18(15-23(22)34-2)17-28-26(33)19-11-13-30(14-12-19)24-9-10-25(32)31(29-24)21-6-4-5-20(27)16-21/h4-10,15-16,19H,3,11-14,17H2,1-2H3,(H,28,33). The largest absolute Gasteiger partial charge is 0.493 e. The van der Waals surface area contributed by atoms with Crippen LogP contribution in [-0.4, -0.2) is 42.5 Å². The Labute approximate surface area is 203 Å². The molecular weight excluding hydrogens is 451 g/mol. The van der Waals surface area contributed by atoms with Gasteiger partial charge in [-0.3, -0.25) is 9.59 Å². The highest BCUT2D eigenvalue weighted by atomic mass is 19.1. The number of amides is 1. The summed E-state index contributed by atoms with van der Waals surface area (Å²) in [6, 6.07) is 14.5. The second-order valence-corrected chi connectivity index (χ2v) is 8.32. The van der Waals surface area contributed by atoms with Gasteiger partial charge in [0.15, 0.2) is 11.5 Å². The number of rotatable bonds is 8. The lowest BCUT2D eigenvalue weighted by atomic mass is 9.96. The van der Waals surface area contributed by atoms with Crippen LogP contribution in [0.25, 0.3) is 5.69 Å². The Morgan fingerprint density at radius 3 is 2.63 bits per heavy atom. The molecule has 0 spiro atoms. The number of carbonyl (C=O) groups excluding carboxylic acids is 1. The Hall–Kier alpha value is -3.88. The first-order chi connectivity index (χ1) is 17.0. The number of piperidine rings is 1. The molecule has 0 aliphatic carbocycles. The maximum absolute atomic E-state index is 13.6. The first-order valence-corrected chi connectivity index (χ1v) is 11.7. The van der Waals surface area contributed by atoms with Crippen LogP contribution < -0.4 is 25.2 Å². The number of hydrogen-bond acceptors (Lipinski definition) is 6. The predicted octanol–water partition coefficient (Wildman–Crippen LogP) is 3.31. The number of benzene rings is 2. The van der Waals surface area contributed by atoms with Crippen molar-refractivity contribution in [3.8, 4) is 17.2 Å². The van der Waals surface area contributed by atoms with Crippen molar-refractivity contribution in [1.82, 2.24) is 15.1 Å². The lowest BCUT2D eigenvalue weighted by Gasteiger charge is -2.32. The van der Waals surface area contributed by atoms with Gasteiger partial charge in [-0.1, -0.05) is 12.1 Å². The monoisotopic (exact) mass is 480 g/mol. The van der Waals surface area contributed by atoms with Crippen LogP contribution >= 0.6 is 0 Å². The minimum absolute atomic E-state index is 0.00944. The molecule has 184 valence electrons. The molecule has 1 saturated heterocycles. The van der Waals surface area contributed by atoms with Crippen LogP contribution in [0.1, 0.15) is 25.3 Å². The fraction of sp³-hybridized carbons (Fsp3) is 0.346. The summed E-state index contributed by atoms with van der Waals surface area (Å²) < 4.78 is 25.7. The van der Waals surface area contributed by atoms with E-state index in [4.69, 9.17) is 9.47 Å². The van der Waals surface area contributed by atoms with Crippen LogP contribution in [0, 0.1) is 11.7 Å². The molecule has 2 heterocycles. The summed E-state index contributed by atoms with van der Waals surface area (Å²) in [5.41, 5.74) is 0.969. The van der Waals surface area contributed by atoms with Crippen LogP contribution in [0.3, 0.4) is 0 Å². The number of anilines is 1. The molecule has 0 atom stereocenters. The molecule has 0 saturated carbocycles. The molecule has 1 N–H and O–H groups in total. The Kier molecular flexibility index (Phi) is 7.64. The fourth-order valence-electron chi connectivity index (χ4n) is 4.16. The third-order valence-electron chi connectivity index (χ3n) is 6.02. The molecule has 0 bridgehead atoms. The highest BCUT2D eigenvalue weighted by molar-refractivity contribution is 5.79. The summed E-state index contributed by atoms with van der Waals surface area (Å²) in [5, 5.41) is 7.45. The van der Waals surface area contributed by atoms with Crippen molar-refractivity contribution in [3.63, 3.8) is 0 Å². The van der Waals surface area contributed by atoms with E-state index < -0.39 is 5.82 Å². The molecule has 3 aromatic rings. The van der Waals surface area contributed by atoms with Gasteiger partial charge < -0.3 is 19.7 Å². The first kappa shape index (κ1) is 24.3. The second kappa shape index (κ2) is 11.0. The topological polar surface area (TPSA) is 85.7 Å². The molecule has 1 fully saturated rings. The molecule has 4 rings (SSSR count). The molecule has 1 aliphatic heterocycles. The molecule has 0 unspecified atom stereocenters. The van der Waals surface area contributed by atoms with Gasteiger partial charge in [-0.2, -0.15) is 4.68 Å². The van der Waals surface area contributed by atoms with Gasteiger partial charge in [0.25, 0.3) is 5.56 Å². The minimum atomic E-state index is -0.433. The van der Waals surface area contributed by atoms with Gasteiger partial charge in [0, 0.05) is 31.6 Å². The van der Waals surface area contributed by atoms with E-state index >= 15 is 0 Å². The van der Waals surface area contributed by atoms with Crippen LogP contribution in [0.2, 0.25) is 0 Å². The number of aromatic nitrogens is 2. The number of methoxy groups -OCH3 is 1. The summed E-state index contributed by atoms with van der Waals surface area (Å²) in [6.45, 7) is 4.12. The number of hydrogen-bond donors (Lipinski definition) is 1.